The second-order valence-corrected chi connectivity index (χ2v) is 6.76. The van der Waals surface area contributed by atoms with Crippen LogP contribution in [0.3, 0.4) is 0 Å². The average Bonchev–Trinajstić information content (AvgIpc) is 2.90. The zero-order chi connectivity index (χ0) is 16.1. The van der Waals surface area contributed by atoms with Gasteiger partial charge in [-0.2, -0.15) is 0 Å². The lowest BCUT2D eigenvalue weighted by atomic mass is 9.83. The van der Waals surface area contributed by atoms with Gasteiger partial charge in [-0.1, -0.05) is 20.8 Å². The largest absolute Gasteiger partial charge is 0.508 e. The molecule has 1 aliphatic heterocycles. The number of ether oxygens (including phenoxy) is 1. The highest BCUT2D eigenvalue weighted by atomic mass is 16.5. The van der Waals surface area contributed by atoms with Gasteiger partial charge in [0.2, 0.25) is 0 Å². The maximum atomic E-state index is 12.9. The Kier molecular flexibility index (Phi) is 3.24. The molecule has 1 aromatic heterocycles. The van der Waals surface area contributed by atoms with Crippen molar-refractivity contribution in [1.82, 2.24) is 9.55 Å². The van der Waals surface area contributed by atoms with Crippen molar-refractivity contribution in [2.75, 3.05) is 0 Å². The quantitative estimate of drug-likeness (QED) is 0.879. The van der Waals surface area contributed by atoms with Crippen molar-refractivity contribution < 1.29 is 14.6 Å². The number of fused-ring (bicyclic) bond motifs is 1. The summed E-state index contributed by atoms with van der Waals surface area (Å²) in [4.78, 5) is 16.9. The summed E-state index contributed by atoms with van der Waals surface area (Å²) in [5.41, 5.74) is 0.995. The van der Waals surface area contributed by atoms with Gasteiger partial charge in [0.1, 0.15) is 23.6 Å². The monoisotopic (exact) mass is 300 g/mol. The first kappa shape index (κ1) is 14.6. The summed E-state index contributed by atoms with van der Waals surface area (Å²) >= 11 is 0. The molecule has 5 heteroatoms. The van der Waals surface area contributed by atoms with Crippen molar-refractivity contribution in [2.24, 2.45) is 0 Å². The van der Waals surface area contributed by atoms with Gasteiger partial charge < -0.3 is 14.4 Å². The third-order valence-corrected chi connectivity index (χ3v) is 4.04. The minimum Gasteiger partial charge on any atom is -0.508 e. The number of Topliss-reactive ketones (excluding diaryl/α,β-unsaturated/α-hetero) is 1. The number of phenols is 1. The fourth-order valence-corrected chi connectivity index (χ4v) is 2.91. The van der Waals surface area contributed by atoms with Gasteiger partial charge in [0.15, 0.2) is 5.78 Å². The standard InChI is InChI=1S/C17H20N2O3/c1-10-15(19-6-5-18-9-19)16(21)11-7-12(17(2,3)4)13(20)8-14(11)22-10/h5-10,15,20H,1-4H3/t10-,15-/m0/s1. The predicted molar refractivity (Wildman–Crippen MR) is 82.5 cm³/mol. The van der Waals surface area contributed by atoms with Gasteiger partial charge in [0, 0.05) is 24.0 Å². The number of ketones is 1. The molecule has 0 spiro atoms. The maximum Gasteiger partial charge on any atom is 0.193 e. The molecule has 1 aromatic carbocycles. The van der Waals surface area contributed by atoms with Crippen molar-refractivity contribution in [2.45, 2.75) is 45.3 Å². The second-order valence-electron chi connectivity index (χ2n) is 6.76. The van der Waals surface area contributed by atoms with Gasteiger partial charge in [-0.15, -0.1) is 0 Å². The molecule has 0 bridgehead atoms. The Morgan fingerprint density at radius 3 is 2.64 bits per heavy atom. The van der Waals surface area contributed by atoms with Gasteiger partial charge in [-0.3, -0.25) is 4.79 Å². The summed E-state index contributed by atoms with van der Waals surface area (Å²) in [5.74, 6) is 0.587. The molecule has 0 amide bonds. The smallest absolute Gasteiger partial charge is 0.193 e. The topological polar surface area (TPSA) is 64.3 Å². The molecule has 0 radical (unpaired) electrons. The molecular weight excluding hydrogens is 280 g/mol. The second kappa shape index (κ2) is 4.87. The molecule has 0 unspecified atom stereocenters. The van der Waals surface area contributed by atoms with E-state index in [-0.39, 0.29) is 23.1 Å². The van der Waals surface area contributed by atoms with Crippen LogP contribution in [0.5, 0.6) is 11.5 Å². The predicted octanol–water partition coefficient (Wildman–Crippen LogP) is 3.09. The molecule has 0 saturated carbocycles. The number of carbonyl (C=O) groups excluding carboxylic acids is 1. The van der Waals surface area contributed by atoms with Crippen molar-refractivity contribution in [3.05, 3.63) is 42.0 Å². The Balaban J connectivity index is 2.11. The van der Waals surface area contributed by atoms with Crippen LogP contribution in [0.2, 0.25) is 0 Å². The van der Waals surface area contributed by atoms with E-state index in [1.165, 1.54) is 0 Å². The van der Waals surface area contributed by atoms with Crippen LogP contribution < -0.4 is 4.74 Å². The number of rotatable bonds is 1. The number of benzene rings is 1. The van der Waals surface area contributed by atoms with Gasteiger partial charge in [-0.05, 0) is 18.4 Å². The first-order valence-electron chi connectivity index (χ1n) is 7.35. The number of hydrogen-bond acceptors (Lipinski definition) is 4. The lowest BCUT2D eigenvalue weighted by molar-refractivity contribution is 0.0717. The highest BCUT2D eigenvalue weighted by Crippen LogP contribution is 2.40. The van der Waals surface area contributed by atoms with E-state index in [4.69, 9.17) is 4.74 Å². The van der Waals surface area contributed by atoms with E-state index >= 15 is 0 Å². The molecule has 1 N–H and O–H groups in total. The maximum absolute atomic E-state index is 12.9. The summed E-state index contributed by atoms with van der Waals surface area (Å²) in [6.45, 7) is 7.84. The molecule has 0 aliphatic carbocycles. The van der Waals surface area contributed by atoms with Crippen molar-refractivity contribution in [3.63, 3.8) is 0 Å². The Morgan fingerprint density at radius 2 is 2.05 bits per heavy atom. The van der Waals surface area contributed by atoms with Gasteiger partial charge >= 0.3 is 0 Å². The average molecular weight is 300 g/mol. The van der Waals surface area contributed by atoms with Crippen LogP contribution in [-0.4, -0.2) is 26.5 Å². The zero-order valence-corrected chi connectivity index (χ0v) is 13.2. The van der Waals surface area contributed by atoms with Crippen molar-refractivity contribution >= 4 is 5.78 Å². The number of phenolic OH excluding ortho intramolecular Hbond substituents is 1. The molecule has 2 heterocycles. The van der Waals surface area contributed by atoms with Gasteiger partial charge in [-0.25, -0.2) is 4.98 Å². The third kappa shape index (κ3) is 2.26. The Bertz CT molecular complexity index is 714. The lowest BCUT2D eigenvalue weighted by Crippen LogP contribution is -2.37. The van der Waals surface area contributed by atoms with E-state index in [1.54, 1.807) is 35.4 Å². The van der Waals surface area contributed by atoms with Crippen LogP contribution in [0, 0.1) is 0 Å². The molecule has 22 heavy (non-hydrogen) atoms. The molecule has 2 atom stereocenters. The van der Waals surface area contributed by atoms with E-state index in [0.29, 0.717) is 11.3 Å². The van der Waals surface area contributed by atoms with Crippen LogP contribution in [0.1, 0.15) is 49.7 Å². The van der Waals surface area contributed by atoms with E-state index in [0.717, 1.165) is 5.56 Å². The van der Waals surface area contributed by atoms with E-state index < -0.39 is 6.04 Å². The number of imidazole rings is 1. The molecule has 2 aromatic rings. The summed E-state index contributed by atoms with van der Waals surface area (Å²) in [7, 11) is 0. The van der Waals surface area contributed by atoms with Crippen LogP contribution in [0.25, 0.3) is 0 Å². The normalized spacial score (nSPS) is 21.4. The molecule has 116 valence electrons. The van der Waals surface area contributed by atoms with E-state index in [2.05, 4.69) is 4.98 Å². The third-order valence-electron chi connectivity index (χ3n) is 4.04. The van der Waals surface area contributed by atoms with Crippen LogP contribution in [0.4, 0.5) is 0 Å². The summed E-state index contributed by atoms with van der Waals surface area (Å²) in [6, 6.07) is 2.87. The highest BCUT2D eigenvalue weighted by molar-refractivity contribution is 6.03. The summed E-state index contributed by atoms with van der Waals surface area (Å²) in [6.07, 6.45) is 4.71. The fourth-order valence-electron chi connectivity index (χ4n) is 2.91. The van der Waals surface area contributed by atoms with Crippen molar-refractivity contribution in [3.8, 4) is 11.5 Å². The number of nitrogens with zero attached hydrogens (tertiary/aromatic N) is 2. The van der Waals surface area contributed by atoms with E-state index in [1.807, 2.05) is 27.7 Å². The molecule has 1 aliphatic rings. The zero-order valence-electron chi connectivity index (χ0n) is 13.2. The highest BCUT2D eigenvalue weighted by Gasteiger charge is 2.37. The van der Waals surface area contributed by atoms with Crippen LogP contribution in [0.15, 0.2) is 30.9 Å². The molecule has 0 saturated heterocycles. The number of aromatic hydroxyl groups is 1. The minimum absolute atomic E-state index is 0.0164. The number of carbonyl (C=O) groups is 1. The Hall–Kier alpha value is -2.30. The SMILES string of the molecule is C[C@@H]1Oc2cc(O)c(C(C)(C)C)cc2C(=O)[C@H]1n1ccnc1. The fraction of sp³-hybridized carbons (Fsp3) is 0.412. The Morgan fingerprint density at radius 1 is 1.32 bits per heavy atom. The van der Waals surface area contributed by atoms with Crippen molar-refractivity contribution in [1.29, 1.82) is 0 Å². The summed E-state index contributed by atoms with van der Waals surface area (Å²) in [5, 5.41) is 10.2. The summed E-state index contributed by atoms with van der Waals surface area (Å²) < 4.78 is 7.62. The first-order chi connectivity index (χ1) is 10.3. The molecule has 0 fully saturated rings. The first-order valence-corrected chi connectivity index (χ1v) is 7.35. The number of aromatic nitrogens is 2. The minimum atomic E-state index is -0.438. The molecule has 3 rings (SSSR count). The number of hydrogen-bond donors (Lipinski definition) is 1. The molecular formula is C17H20N2O3. The van der Waals surface area contributed by atoms with Crippen LogP contribution >= 0.6 is 0 Å². The van der Waals surface area contributed by atoms with Gasteiger partial charge in [0.25, 0.3) is 0 Å². The Labute approximate surface area is 129 Å². The van der Waals surface area contributed by atoms with E-state index in [9.17, 15) is 9.90 Å². The molecule has 5 nitrogen and oxygen atoms in total. The lowest BCUT2D eigenvalue weighted by Gasteiger charge is -2.32. The van der Waals surface area contributed by atoms with Gasteiger partial charge in [0.05, 0.1) is 11.9 Å². The van der Waals surface area contributed by atoms with Crippen LogP contribution in [-0.2, 0) is 5.41 Å².